The molecule has 0 saturated heterocycles. The van der Waals surface area contributed by atoms with Crippen LogP contribution in [-0.2, 0) is 24.8 Å². The van der Waals surface area contributed by atoms with Crippen LogP contribution in [0.15, 0.2) is 35.9 Å². The maximum Gasteiger partial charge on any atom is 0.344 e. The van der Waals surface area contributed by atoms with E-state index >= 15 is 0 Å². The van der Waals surface area contributed by atoms with Gasteiger partial charge in [-0.1, -0.05) is 64.3 Å². The second kappa shape index (κ2) is 12.7. The van der Waals surface area contributed by atoms with Gasteiger partial charge in [0.2, 0.25) is 0 Å². The molecule has 0 heterocycles. The van der Waals surface area contributed by atoms with Gasteiger partial charge >= 0.3 is 5.97 Å². The zero-order valence-electron chi connectivity index (χ0n) is 24.5. The molecule has 0 amide bonds. The highest BCUT2D eigenvalue weighted by molar-refractivity contribution is 7.46. The van der Waals surface area contributed by atoms with Crippen LogP contribution in [0.5, 0.6) is 11.5 Å². The van der Waals surface area contributed by atoms with E-state index < -0.39 is 24.8 Å². The fourth-order valence-electron chi connectivity index (χ4n) is 5.25. The summed E-state index contributed by atoms with van der Waals surface area (Å²) in [7, 11) is -4.76. The van der Waals surface area contributed by atoms with Gasteiger partial charge in [-0.05, 0) is 87.8 Å². The zero-order chi connectivity index (χ0) is 29.0. The lowest BCUT2D eigenvalue weighted by Gasteiger charge is -2.42. The number of esters is 1. The van der Waals surface area contributed by atoms with E-state index in [1.54, 1.807) is 6.07 Å². The van der Waals surface area contributed by atoms with Gasteiger partial charge in [-0.15, -0.1) is 0 Å². The number of rotatable bonds is 12. The van der Waals surface area contributed by atoms with E-state index in [1.807, 2.05) is 33.8 Å². The van der Waals surface area contributed by atoms with Crippen molar-refractivity contribution < 1.29 is 33.1 Å². The predicted octanol–water partition coefficient (Wildman–Crippen LogP) is 7.52. The summed E-state index contributed by atoms with van der Waals surface area (Å²) in [4.78, 5) is 26.3. The first kappa shape index (κ1) is 31.6. The average Bonchev–Trinajstić information content (AvgIpc) is 2.79. The molecule has 0 aromatic heterocycles. The summed E-state index contributed by atoms with van der Waals surface area (Å²) >= 11 is 0. The third-order valence-corrected chi connectivity index (χ3v) is 8.66. The number of ether oxygens (including phenoxy) is 1. The predicted molar refractivity (Wildman–Crippen MR) is 152 cm³/mol. The molecule has 1 aromatic rings. The number of hydrogen-bond acceptors (Lipinski definition) is 7. The second-order valence-electron chi connectivity index (χ2n) is 12.6. The van der Waals surface area contributed by atoms with Gasteiger partial charge in [-0.2, -0.15) is 0 Å². The first-order valence-electron chi connectivity index (χ1n) is 14.2. The second-order valence-corrected chi connectivity index (χ2v) is 14.0. The van der Waals surface area contributed by atoms with Crippen LogP contribution >= 0.6 is 7.82 Å². The van der Waals surface area contributed by atoms with Crippen molar-refractivity contribution in [2.45, 2.75) is 111 Å². The molecule has 3 rings (SSSR count). The van der Waals surface area contributed by atoms with Crippen LogP contribution in [0, 0.1) is 11.3 Å². The third-order valence-electron chi connectivity index (χ3n) is 7.64. The number of benzene rings is 1. The zero-order valence-corrected chi connectivity index (χ0v) is 25.4. The number of carbonyl (C=O) groups is 1. The average molecular weight is 562 g/mol. The molecule has 8 heteroatoms. The van der Waals surface area contributed by atoms with E-state index in [4.69, 9.17) is 13.8 Å². The molecule has 1 N–H and O–H groups in total. The molecule has 1 saturated carbocycles. The Kier molecular flexibility index (Phi) is 10.3. The topological polar surface area (TPSA) is 105 Å². The molecule has 2 aliphatic carbocycles. The number of aromatic hydroxyl groups is 1. The van der Waals surface area contributed by atoms with Crippen molar-refractivity contribution >= 4 is 13.8 Å². The van der Waals surface area contributed by atoms with Crippen molar-refractivity contribution in [3.05, 3.63) is 47.1 Å². The summed E-state index contributed by atoms with van der Waals surface area (Å²) in [5.74, 6) is -0.605. The van der Waals surface area contributed by atoms with Crippen molar-refractivity contribution in [3.8, 4) is 11.5 Å². The molecule has 7 nitrogen and oxygen atoms in total. The lowest BCUT2D eigenvalue weighted by atomic mass is 9.73. The van der Waals surface area contributed by atoms with Crippen molar-refractivity contribution in [1.82, 2.24) is 0 Å². The molecular weight excluding hydrogens is 515 g/mol. The standard InChI is InChI=1S/C31H47O7P/c1-8-9-10-12-23-18-26(32)28(25-17-22(4)13-14-24(25)21(2)3)27(19-23)37-29(33)31(15-11-16-31)38-39(34,35)36-20-30(5,6)7/h17-19,24-25,32H,2,8-16,20H2,1,3-7H3,(H,34,35)/p-1/t24-,25+/m0/s1. The summed E-state index contributed by atoms with van der Waals surface area (Å²) in [6.45, 7) is 15.8. The Balaban J connectivity index is 1.97. The molecule has 2 aliphatic rings. The minimum absolute atomic E-state index is 0.0631. The normalized spacial score (nSPS) is 22.4. The maximum absolute atomic E-state index is 13.6. The van der Waals surface area contributed by atoms with Crippen LogP contribution in [0.3, 0.4) is 0 Å². The molecular formula is C31H46O7P-. The number of allylic oxidation sites excluding steroid dienone is 3. The Morgan fingerprint density at radius 2 is 1.95 bits per heavy atom. The number of phosphoric ester groups is 1. The third kappa shape index (κ3) is 8.29. The number of unbranched alkanes of at least 4 members (excludes halogenated alkanes) is 2. The molecule has 0 spiro atoms. The summed E-state index contributed by atoms with van der Waals surface area (Å²) in [6.07, 6.45) is 8.77. The molecule has 0 aliphatic heterocycles. The maximum atomic E-state index is 13.6. The van der Waals surface area contributed by atoms with Crippen molar-refractivity contribution in [2.24, 2.45) is 11.3 Å². The number of phenolic OH excluding ortho intramolecular Hbond substituents is 1. The van der Waals surface area contributed by atoms with E-state index in [0.717, 1.165) is 49.7 Å². The van der Waals surface area contributed by atoms with Crippen LogP contribution < -0.4 is 9.63 Å². The minimum Gasteiger partial charge on any atom is -0.756 e. The Morgan fingerprint density at radius 1 is 1.26 bits per heavy atom. The summed E-state index contributed by atoms with van der Waals surface area (Å²) < 4.78 is 29.2. The van der Waals surface area contributed by atoms with Crippen LogP contribution in [-0.4, -0.2) is 23.3 Å². The van der Waals surface area contributed by atoms with Gasteiger partial charge in [-0.3, -0.25) is 9.09 Å². The number of aryl methyl sites for hydroxylation is 1. The molecule has 1 fully saturated rings. The number of hydrogen-bond donors (Lipinski definition) is 1. The molecule has 0 bridgehead atoms. The number of phenols is 1. The van der Waals surface area contributed by atoms with Gasteiger partial charge in [0.25, 0.3) is 7.82 Å². The molecule has 39 heavy (non-hydrogen) atoms. The first-order chi connectivity index (χ1) is 18.2. The summed E-state index contributed by atoms with van der Waals surface area (Å²) in [6, 6.07) is 3.58. The lowest BCUT2D eigenvalue weighted by Crippen LogP contribution is -2.50. The van der Waals surface area contributed by atoms with Crippen molar-refractivity contribution in [3.63, 3.8) is 0 Å². The van der Waals surface area contributed by atoms with Gasteiger partial charge in [0, 0.05) is 11.5 Å². The highest BCUT2D eigenvalue weighted by atomic mass is 31.2. The van der Waals surface area contributed by atoms with Crippen LogP contribution in [0.25, 0.3) is 0 Å². The molecule has 0 radical (unpaired) electrons. The van der Waals surface area contributed by atoms with E-state index in [0.29, 0.717) is 12.0 Å². The van der Waals surface area contributed by atoms with E-state index in [1.165, 1.54) is 5.57 Å². The van der Waals surface area contributed by atoms with Crippen LogP contribution in [0.2, 0.25) is 0 Å². The first-order valence-corrected chi connectivity index (χ1v) is 15.7. The van der Waals surface area contributed by atoms with Gasteiger partial charge in [0.05, 0.1) is 6.61 Å². The smallest absolute Gasteiger partial charge is 0.344 e. The SMILES string of the molecule is C=C(C)[C@@H]1CCC(C)=C[C@H]1c1c(O)cc(CCCCC)cc1OC(=O)C1(OP(=O)([O-])OCC(C)(C)C)CCC1. The van der Waals surface area contributed by atoms with Crippen molar-refractivity contribution in [2.75, 3.05) is 6.61 Å². The van der Waals surface area contributed by atoms with Crippen molar-refractivity contribution in [1.29, 1.82) is 0 Å². The Hall–Kier alpha value is -1.92. The fraction of sp³-hybridized carbons (Fsp3) is 0.645. The van der Waals surface area contributed by atoms with E-state index in [9.17, 15) is 19.4 Å². The molecule has 218 valence electrons. The minimum atomic E-state index is -4.76. The number of phosphoric acid groups is 1. The number of carbonyl (C=O) groups excluding carboxylic acids is 1. The van der Waals surface area contributed by atoms with Gasteiger partial charge in [0.15, 0.2) is 5.60 Å². The van der Waals surface area contributed by atoms with Gasteiger partial charge in [-0.25, -0.2) is 4.79 Å². The molecule has 1 aromatic carbocycles. The monoisotopic (exact) mass is 561 g/mol. The fourth-order valence-corrected chi connectivity index (χ4v) is 6.54. The summed E-state index contributed by atoms with van der Waals surface area (Å²) in [5.41, 5.74) is 1.55. The molecule has 3 atom stereocenters. The van der Waals surface area contributed by atoms with Gasteiger partial charge in [0.1, 0.15) is 11.5 Å². The Morgan fingerprint density at radius 3 is 2.51 bits per heavy atom. The highest BCUT2D eigenvalue weighted by Gasteiger charge is 2.50. The Bertz CT molecular complexity index is 1130. The Labute approximate surface area is 234 Å². The quantitative estimate of drug-likeness (QED) is 0.0925. The van der Waals surface area contributed by atoms with Crippen LogP contribution in [0.1, 0.15) is 110 Å². The summed E-state index contributed by atoms with van der Waals surface area (Å²) in [5, 5.41) is 11.3. The lowest BCUT2D eigenvalue weighted by molar-refractivity contribution is -0.245. The van der Waals surface area contributed by atoms with Crippen LogP contribution in [0.4, 0.5) is 0 Å². The largest absolute Gasteiger partial charge is 0.756 e. The molecule has 1 unspecified atom stereocenters. The van der Waals surface area contributed by atoms with E-state index in [-0.39, 0.29) is 42.8 Å². The highest BCUT2D eigenvalue weighted by Crippen LogP contribution is 2.52. The van der Waals surface area contributed by atoms with Gasteiger partial charge < -0.3 is 19.3 Å². The van der Waals surface area contributed by atoms with E-state index in [2.05, 4.69) is 26.5 Å².